The van der Waals surface area contributed by atoms with Gasteiger partial charge in [-0.15, -0.1) is 0 Å². The Labute approximate surface area is 104 Å². The summed E-state index contributed by atoms with van der Waals surface area (Å²) in [5, 5.41) is 0. The second kappa shape index (κ2) is 5.00. The zero-order chi connectivity index (χ0) is 14.0. The van der Waals surface area contributed by atoms with Crippen molar-refractivity contribution in [3.05, 3.63) is 23.8 Å². The summed E-state index contributed by atoms with van der Waals surface area (Å²) in [6.45, 7) is 5.61. The van der Waals surface area contributed by atoms with Crippen LogP contribution < -0.4 is 4.74 Å². The van der Waals surface area contributed by atoms with Gasteiger partial charge >= 0.3 is 6.18 Å². The number of halogens is 3. The number of rotatable bonds is 2. The molecule has 0 saturated heterocycles. The predicted molar refractivity (Wildman–Crippen MR) is 65.6 cm³/mol. The standard InChI is InChI=1S/C13H16F3NO/c1-12(2,3)8-17-11-6-5-9(18-4)7-10(11)13(14,15)16/h5-8H,1-4H3. The SMILES string of the molecule is COc1ccc(N=CC(C)(C)C)c(C(F)(F)F)c1. The average Bonchev–Trinajstić information content (AvgIpc) is 2.24. The lowest BCUT2D eigenvalue weighted by Gasteiger charge is -2.14. The summed E-state index contributed by atoms with van der Waals surface area (Å²) in [6.07, 6.45) is -2.94. The molecule has 0 aromatic heterocycles. The largest absolute Gasteiger partial charge is 0.497 e. The van der Waals surface area contributed by atoms with E-state index in [1.807, 2.05) is 20.8 Å². The molecular weight excluding hydrogens is 243 g/mol. The molecule has 100 valence electrons. The van der Waals surface area contributed by atoms with Crippen LogP contribution in [0.5, 0.6) is 5.75 Å². The van der Waals surface area contributed by atoms with Crippen LogP contribution in [0.2, 0.25) is 0 Å². The first-order valence-corrected chi connectivity index (χ1v) is 5.44. The second-order valence-electron chi connectivity index (χ2n) is 5.01. The smallest absolute Gasteiger partial charge is 0.418 e. The van der Waals surface area contributed by atoms with Crippen LogP contribution >= 0.6 is 0 Å². The number of alkyl halides is 3. The van der Waals surface area contributed by atoms with Gasteiger partial charge in [0, 0.05) is 6.21 Å². The fourth-order valence-corrected chi connectivity index (χ4v) is 1.24. The molecule has 0 aliphatic carbocycles. The highest BCUT2D eigenvalue weighted by atomic mass is 19.4. The minimum Gasteiger partial charge on any atom is -0.497 e. The second-order valence-corrected chi connectivity index (χ2v) is 5.01. The van der Waals surface area contributed by atoms with E-state index < -0.39 is 11.7 Å². The topological polar surface area (TPSA) is 21.6 Å². The normalized spacial score (nSPS) is 13.1. The van der Waals surface area contributed by atoms with E-state index in [1.54, 1.807) is 0 Å². The van der Waals surface area contributed by atoms with E-state index in [9.17, 15) is 13.2 Å². The molecule has 0 amide bonds. The van der Waals surface area contributed by atoms with Gasteiger partial charge in [-0.25, -0.2) is 0 Å². The first-order valence-electron chi connectivity index (χ1n) is 5.44. The summed E-state index contributed by atoms with van der Waals surface area (Å²) in [7, 11) is 1.33. The van der Waals surface area contributed by atoms with Gasteiger partial charge in [-0.3, -0.25) is 4.99 Å². The first kappa shape index (κ1) is 14.5. The van der Waals surface area contributed by atoms with Gasteiger partial charge in [0.05, 0.1) is 18.4 Å². The van der Waals surface area contributed by atoms with Crippen molar-refractivity contribution < 1.29 is 17.9 Å². The number of hydrogen-bond acceptors (Lipinski definition) is 2. The highest BCUT2D eigenvalue weighted by Gasteiger charge is 2.34. The molecule has 0 aliphatic heterocycles. The summed E-state index contributed by atoms with van der Waals surface area (Å²) in [5.74, 6) is 0.164. The van der Waals surface area contributed by atoms with Crippen molar-refractivity contribution in [2.75, 3.05) is 7.11 Å². The Kier molecular flexibility index (Phi) is 4.04. The van der Waals surface area contributed by atoms with Crippen LogP contribution in [0, 0.1) is 5.41 Å². The molecule has 0 N–H and O–H groups in total. The highest BCUT2D eigenvalue weighted by molar-refractivity contribution is 5.70. The summed E-state index contributed by atoms with van der Waals surface area (Å²) in [6, 6.07) is 3.73. The van der Waals surface area contributed by atoms with E-state index in [4.69, 9.17) is 4.74 Å². The van der Waals surface area contributed by atoms with Gasteiger partial charge in [-0.1, -0.05) is 20.8 Å². The monoisotopic (exact) mass is 259 g/mol. The number of hydrogen-bond donors (Lipinski definition) is 0. The van der Waals surface area contributed by atoms with Gasteiger partial charge in [-0.05, 0) is 23.6 Å². The van der Waals surface area contributed by atoms with Gasteiger partial charge in [0.2, 0.25) is 0 Å². The van der Waals surface area contributed by atoms with Crippen molar-refractivity contribution in [3.8, 4) is 5.75 Å². The van der Waals surface area contributed by atoms with E-state index in [-0.39, 0.29) is 16.9 Å². The van der Waals surface area contributed by atoms with Gasteiger partial charge in [0.15, 0.2) is 0 Å². The molecule has 0 spiro atoms. The quantitative estimate of drug-likeness (QED) is 0.718. The third-order valence-electron chi connectivity index (χ3n) is 2.10. The van der Waals surface area contributed by atoms with Crippen molar-refractivity contribution in [2.45, 2.75) is 26.9 Å². The molecule has 0 atom stereocenters. The van der Waals surface area contributed by atoms with Crippen molar-refractivity contribution in [2.24, 2.45) is 10.4 Å². The maximum atomic E-state index is 12.9. The summed E-state index contributed by atoms with van der Waals surface area (Å²) < 4.78 is 43.4. The van der Waals surface area contributed by atoms with Gasteiger partial charge in [0.1, 0.15) is 5.75 Å². The van der Waals surface area contributed by atoms with Crippen molar-refractivity contribution >= 4 is 11.9 Å². The minimum absolute atomic E-state index is 0.0989. The van der Waals surface area contributed by atoms with Crippen LogP contribution in [-0.2, 0) is 6.18 Å². The summed E-state index contributed by atoms with van der Waals surface area (Å²) in [5.41, 5.74) is -1.16. The van der Waals surface area contributed by atoms with Crippen LogP contribution in [-0.4, -0.2) is 13.3 Å². The van der Waals surface area contributed by atoms with Gasteiger partial charge in [-0.2, -0.15) is 13.2 Å². The fourth-order valence-electron chi connectivity index (χ4n) is 1.24. The molecule has 18 heavy (non-hydrogen) atoms. The highest BCUT2D eigenvalue weighted by Crippen LogP contribution is 2.38. The number of methoxy groups -OCH3 is 1. The number of nitrogens with zero attached hydrogens (tertiary/aromatic N) is 1. The van der Waals surface area contributed by atoms with Gasteiger partial charge in [0.25, 0.3) is 0 Å². The zero-order valence-corrected chi connectivity index (χ0v) is 10.8. The van der Waals surface area contributed by atoms with Crippen molar-refractivity contribution in [1.82, 2.24) is 0 Å². The van der Waals surface area contributed by atoms with Crippen molar-refractivity contribution in [1.29, 1.82) is 0 Å². The zero-order valence-electron chi connectivity index (χ0n) is 10.8. The van der Waals surface area contributed by atoms with E-state index in [0.717, 1.165) is 6.07 Å². The van der Waals surface area contributed by atoms with E-state index >= 15 is 0 Å². The Morgan fingerprint density at radius 3 is 2.22 bits per heavy atom. The Bertz CT molecular complexity index is 445. The Morgan fingerprint density at radius 2 is 1.78 bits per heavy atom. The Hall–Kier alpha value is -1.52. The maximum Gasteiger partial charge on any atom is 0.418 e. The van der Waals surface area contributed by atoms with Crippen LogP contribution in [0.1, 0.15) is 26.3 Å². The summed E-state index contributed by atoms with van der Waals surface area (Å²) in [4.78, 5) is 3.92. The number of benzene rings is 1. The Balaban J connectivity index is 3.23. The molecule has 0 saturated carbocycles. The van der Waals surface area contributed by atoms with E-state index in [2.05, 4.69) is 4.99 Å². The first-order chi connectivity index (χ1) is 8.13. The minimum atomic E-state index is -4.45. The molecule has 2 nitrogen and oxygen atoms in total. The Morgan fingerprint density at radius 1 is 1.17 bits per heavy atom. The average molecular weight is 259 g/mol. The molecule has 0 aliphatic rings. The summed E-state index contributed by atoms with van der Waals surface area (Å²) >= 11 is 0. The molecule has 0 fully saturated rings. The maximum absolute atomic E-state index is 12.9. The molecule has 0 bridgehead atoms. The fraction of sp³-hybridized carbons (Fsp3) is 0.462. The lowest BCUT2D eigenvalue weighted by atomic mass is 9.99. The number of aliphatic imine (C=N–C) groups is 1. The molecule has 0 unspecified atom stereocenters. The van der Waals surface area contributed by atoms with Crippen LogP contribution in [0.25, 0.3) is 0 Å². The van der Waals surface area contributed by atoms with E-state index in [0.29, 0.717) is 0 Å². The lowest BCUT2D eigenvalue weighted by Crippen LogP contribution is -2.08. The third-order valence-corrected chi connectivity index (χ3v) is 2.10. The van der Waals surface area contributed by atoms with Gasteiger partial charge < -0.3 is 4.74 Å². The molecule has 0 radical (unpaired) electrons. The van der Waals surface area contributed by atoms with Crippen LogP contribution in [0.4, 0.5) is 18.9 Å². The third kappa shape index (κ3) is 4.05. The number of ether oxygens (including phenoxy) is 1. The molecular formula is C13H16F3NO. The van der Waals surface area contributed by atoms with E-state index in [1.165, 1.54) is 25.5 Å². The van der Waals surface area contributed by atoms with Crippen LogP contribution in [0.3, 0.4) is 0 Å². The molecule has 5 heteroatoms. The molecule has 1 aromatic rings. The molecule has 1 aromatic carbocycles. The molecule has 0 heterocycles. The predicted octanol–water partition coefficient (Wildman–Crippen LogP) is 4.46. The molecule has 1 rings (SSSR count). The van der Waals surface area contributed by atoms with Crippen LogP contribution in [0.15, 0.2) is 23.2 Å². The lowest BCUT2D eigenvalue weighted by molar-refractivity contribution is -0.137. The van der Waals surface area contributed by atoms with Crippen molar-refractivity contribution in [3.63, 3.8) is 0 Å².